The number of hydrogen-bond acceptors (Lipinski definition) is 5. The molecule has 2 aliphatic heterocycles. The van der Waals surface area contributed by atoms with Gasteiger partial charge >= 0.3 is 6.09 Å². The third-order valence-corrected chi connectivity index (χ3v) is 4.33. The molecule has 136 valence electrons. The smallest absolute Gasteiger partial charge is 0.410 e. The van der Waals surface area contributed by atoms with Crippen molar-refractivity contribution in [2.24, 2.45) is 0 Å². The van der Waals surface area contributed by atoms with Gasteiger partial charge < -0.3 is 14.4 Å². The summed E-state index contributed by atoms with van der Waals surface area (Å²) in [5.74, 6) is 0.690. The van der Waals surface area contributed by atoms with Gasteiger partial charge in [0, 0.05) is 25.7 Å². The van der Waals surface area contributed by atoms with Crippen molar-refractivity contribution >= 4 is 12.0 Å². The van der Waals surface area contributed by atoms with E-state index < -0.39 is 17.7 Å². The van der Waals surface area contributed by atoms with Crippen LogP contribution in [0.3, 0.4) is 0 Å². The fraction of sp³-hybridized carbons (Fsp3) is 0.611. The molecule has 2 aliphatic rings. The highest BCUT2D eigenvalue weighted by Crippen LogP contribution is 2.25. The molecular formula is C18H25N3O4. The topological polar surface area (TPSA) is 72.0 Å². The van der Waals surface area contributed by atoms with Crippen molar-refractivity contribution in [1.29, 1.82) is 0 Å². The van der Waals surface area contributed by atoms with Crippen LogP contribution in [0, 0.1) is 0 Å². The van der Waals surface area contributed by atoms with E-state index in [1.807, 2.05) is 32.9 Å². The highest BCUT2D eigenvalue weighted by atomic mass is 16.6. The zero-order valence-electron chi connectivity index (χ0n) is 15.0. The van der Waals surface area contributed by atoms with Gasteiger partial charge in [-0.3, -0.25) is 14.7 Å². The summed E-state index contributed by atoms with van der Waals surface area (Å²) >= 11 is 0. The summed E-state index contributed by atoms with van der Waals surface area (Å²) in [6, 6.07) is 3.26. The first-order valence-electron chi connectivity index (χ1n) is 8.68. The van der Waals surface area contributed by atoms with Gasteiger partial charge in [-0.1, -0.05) is 0 Å². The summed E-state index contributed by atoms with van der Waals surface area (Å²) in [7, 11) is 0. The van der Waals surface area contributed by atoms with E-state index in [2.05, 4.69) is 4.98 Å². The summed E-state index contributed by atoms with van der Waals surface area (Å²) < 4.78 is 11.2. The first-order valence-corrected chi connectivity index (χ1v) is 8.68. The molecule has 1 unspecified atom stereocenters. The minimum Gasteiger partial charge on any atom is -0.487 e. The fourth-order valence-electron chi connectivity index (χ4n) is 3.03. The number of carbonyl (C=O) groups is 2. The average Bonchev–Trinajstić information content (AvgIpc) is 2.93. The number of aromatic nitrogens is 1. The number of pyridine rings is 1. The van der Waals surface area contributed by atoms with E-state index in [9.17, 15) is 9.59 Å². The van der Waals surface area contributed by atoms with Gasteiger partial charge in [0.25, 0.3) is 0 Å². The largest absolute Gasteiger partial charge is 0.487 e. The van der Waals surface area contributed by atoms with Crippen molar-refractivity contribution in [3.05, 3.63) is 24.5 Å². The van der Waals surface area contributed by atoms with Crippen molar-refractivity contribution in [3.63, 3.8) is 0 Å². The quantitative estimate of drug-likeness (QED) is 0.837. The third-order valence-electron chi connectivity index (χ3n) is 4.33. The Kier molecular flexibility index (Phi) is 4.83. The lowest BCUT2D eigenvalue weighted by Gasteiger charge is -2.41. The minimum atomic E-state index is -0.559. The maximum atomic E-state index is 12.7. The zero-order chi connectivity index (χ0) is 18.0. The van der Waals surface area contributed by atoms with Gasteiger partial charge in [0.15, 0.2) is 0 Å². The number of likely N-dealkylation sites (tertiary alicyclic amines) is 2. The molecule has 2 fully saturated rings. The third kappa shape index (κ3) is 4.21. The SMILES string of the molecule is CC(C)(C)OC(=O)N1CC[C@@H]1C(=O)N1CCC(Oc2cccnc2)C1. The highest BCUT2D eigenvalue weighted by Gasteiger charge is 2.43. The maximum absolute atomic E-state index is 12.7. The Morgan fingerprint density at radius 2 is 2.04 bits per heavy atom. The number of ether oxygens (including phenoxy) is 2. The van der Waals surface area contributed by atoms with Crippen LogP contribution in [0.2, 0.25) is 0 Å². The van der Waals surface area contributed by atoms with Crippen molar-refractivity contribution in [1.82, 2.24) is 14.8 Å². The second-order valence-corrected chi connectivity index (χ2v) is 7.48. The van der Waals surface area contributed by atoms with Crippen LogP contribution in [0.5, 0.6) is 5.75 Å². The van der Waals surface area contributed by atoms with Crippen LogP contribution in [0.15, 0.2) is 24.5 Å². The van der Waals surface area contributed by atoms with Crippen molar-refractivity contribution in [2.75, 3.05) is 19.6 Å². The molecule has 1 aromatic rings. The van der Waals surface area contributed by atoms with Crippen molar-refractivity contribution in [3.8, 4) is 5.75 Å². The molecule has 0 bridgehead atoms. The van der Waals surface area contributed by atoms with E-state index in [-0.39, 0.29) is 12.0 Å². The van der Waals surface area contributed by atoms with Gasteiger partial charge in [-0.2, -0.15) is 0 Å². The van der Waals surface area contributed by atoms with Crippen LogP contribution in [-0.4, -0.2) is 64.2 Å². The van der Waals surface area contributed by atoms with Gasteiger partial charge in [0.05, 0.1) is 12.7 Å². The van der Waals surface area contributed by atoms with Crippen LogP contribution >= 0.6 is 0 Å². The molecule has 7 nitrogen and oxygen atoms in total. The van der Waals surface area contributed by atoms with Crippen LogP contribution in [0.25, 0.3) is 0 Å². The van der Waals surface area contributed by atoms with E-state index in [4.69, 9.17) is 9.47 Å². The first-order chi connectivity index (χ1) is 11.8. The highest BCUT2D eigenvalue weighted by molar-refractivity contribution is 5.87. The molecule has 0 saturated carbocycles. The second-order valence-electron chi connectivity index (χ2n) is 7.48. The monoisotopic (exact) mass is 347 g/mol. The molecule has 25 heavy (non-hydrogen) atoms. The van der Waals surface area contributed by atoms with Crippen LogP contribution in [0.1, 0.15) is 33.6 Å². The van der Waals surface area contributed by atoms with E-state index in [0.717, 1.165) is 6.42 Å². The molecule has 1 aromatic heterocycles. The van der Waals surface area contributed by atoms with Gasteiger partial charge in [-0.25, -0.2) is 4.79 Å². The Morgan fingerprint density at radius 1 is 1.24 bits per heavy atom. The molecule has 0 spiro atoms. The number of amides is 2. The van der Waals surface area contributed by atoms with Crippen molar-refractivity contribution < 1.29 is 19.1 Å². The van der Waals surface area contributed by atoms with Gasteiger partial charge in [0.2, 0.25) is 5.91 Å². The van der Waals surface area contributed by atoms with Gasteiger partial charge in [0.1, 0.15) is 23.5 Å². The Bertz CT molecular complexity index is 629. The Balaban J connectivity index is 1.53. The lowest BCUT2D eigenvalue weighted by molar-refractivity contribution is -0.140. The standard InChI is InChI=1S/C18H25N3O4/c1-18(2,3)25-17(23)21-10-7-15(21)16(22)20-9-6-14(12-20)24-13-5-4-8-19-11-13/h4-5,8,11,14-15H,6-7,9-10,12H2,1-3H3/t14?,15-/m1/s1. The maximum Gasteiger partial charge on any atom is 0.410 e. The van der Waals surface area contributed by atoms with E-state index in [0.29, 0.717) is 31.8 Å². The Labute approximate surface area is 147 Å². The van der Waals surface area contributed by atoms with E-state index in [1.165, 1.54) is 4.90 Å². The molecule has 0 radical (unpaired) electrons. The molecule has 2 saturated heterocycles. The normalized spacial score (nSPS) is 23.2. The number of carbonyl (C=O) groups excluding carboxylic acids is 2. The van der Waals surface area contributed by atoms with E-state index >= 15 is 0 Å². The van der Waals surface area contributed by atoms with E-state index in [1.54, 1.807) is 17.3 Å². The molecule has 2 amide bonds. The Morgan fingerprint density at radius 3 is 2.64 bits per heavy atom. The molecule has 7 heteroatoms. The van der Waals surface area contributed by atoms with Crippen LogP contribution in [0.4, 0.5) is 4.79 Å². The molecule has 0 aromatic carbocycles. The minimum absolute atomic E-state index is 0.0191. The predicted octanol–water partition coefficient (Wildman–Crippen LogP) is 2.07. The number of hydrogen-bond donors (Lipinski definition) is 0. The van der Waals surface area contributed by atoms with Crippen molar-refractivity contribution in [2.45, 2.75) is 51.4 Å². The van der Waals surface area contributed by atoms with Gasteiger partial charge in [-0.15, -0.1) is 0 Å². The molecule has 2 atom stereocenters. The summed E-state index contributed by atoms with van der Waals surface area (Å²) in [6.07, 6.45) is 4.37. The molecule has 3 rings (SSSR count). The summed E-state index contributed by atoms with van der Waals surface area (Å²) in [5.41, 5.74) is -0.559. The average molecular weight is 347 g/mol. The Hall–Kier alpha value is -2.31. The lowest BCUT2D eigenvalue weighted by Crippen LogP contribution is -2.59. The molecule has 0 N–H and O–H groups in total. The lowest BCUT2D eigenvalue weighted by atomic mass is 10.0. The summed E-state index contributed by atoms with van der Waals surface area (Å²) in [6.45, 7) is 7.21. The van der Waals surface area contributed by atoms with Crippen LogP contribution < -0.4 is 4.74 Å². The summed E-state index contributed by atoms with van der Waals surface area (Å²) in [5, 5.41) is 0. The number of nitrogens with zero attached hydrogens (tertiary/aromatic N) is 3. The van der Waals surface area contributed by atoms with Crippen LogP contribution in [-0.2, 0) is 9.53 Å². The summed E-state index contributed by atoms with van der Waals surface area (Å²) in [4.78, 5) is 32.2. The van der Waals surface area contributed by atoms with Gasteiger partial charge in [-0.05, 0) is 39.3 Å². The first kappa shape index (κ1) is 17.5. The molecule has 3 heterocycles. The zero-order valence-corrected chi connectivity index (χ0v) is 15.0. The number of rotatable bonds is 3. The molecule has 0 aliphatic carbocycles. The predicted molar refractivity (Wildman–Crippen MR) is 91.2 cm³/mol. The second kappa shape index (κ2) is 6.90. The molecular weight excluding hydrogens is 322 g/mol. The fourth-order valence-corrected chi connectivity index (χ4v) is 3.03.